The number of sulfonamides is 1. The third-order valence-corrected chi connectivity index (χ3v) is 6.35. The zero-order chi connectivity index (χ0) is 21.7. The van der Waals surface area contributed by atoms with Gasteiger partial charge >= 0.3 is 0 Å². The number of benzene rings is 3. The van der Waals surface area contributed by atoms with Gasteiger partial charge in [0, 0.05) is 6.54 Å². The average Bonchev–Trinajstić information content (AvgIpc) is 2.72. The van der Waals surface area contributed by atoms with Crippen molar-refractivity contribution in [1.82, 2.24) is 4.72 Å². The van der Waals surface area contributed by atoms with Crippen molar-refractivity contribution in [3.8, 4) is 11.5 Å². The summed E-state index contributed by atoms with van der Waals surface area (Å²) < 4.78 is 52.1. The van der Waals surface area contributed by atoms with Crippen LogP contribution in [0.4, 0.5) is 4.39 Å². The lowest BCUT2D eigenvalue weighted by Crippen LogP contribution is -2.24. The van der Waals surface area contributed by atoms with Gasteiger partial charge in [-0.15, -0.1) is 0 Å². The highest BCUT2D eigenvalue weighted by atomic mass is 32.2. The maximum Gasteiger partial charge on any atom is 0.241 e. The summed E-state index contributed by atoms with van der Waals surface area (Å²) in [5.41, 5.74) is 2.92. The van der Waals surface area contributed by atoms with Crippen molar-refractivity contribution in [2.45, 2.75) is 31.9 Å². The summed E-state index contributed by atoms with van der Waals surface area (Å²) in [6.07, 6.45) is 0. The summed E-state index contributed by atoms with van der Waals surface area (Å²) in [4.78, 5) is 0.266. The van der Waals surface area contributed by atoms with Crippen LogP contribution < -0.4 is 14.2 Å². The summed E-state index contributed by atoms with van der Waals surface area (Å²) in [6.45, 7) is 3.97. The van der Waals surface area contributed by atoms with Crippen molar-refractivity contribution in [2.24, 2.45) is 0 Å². The lowest BCUT2D eigenvalue weighted by atomic mass is 10.1. The number of halogens is 1. The quantitative estimate of drug-likeness (QED) is 0.572. The average molecular weight is 430 g/mol. The van der Waals surface area contributed by atoms with Crippen LogP contribution in [0.2, 0.25) is 0 Å². The highest BCUT2D eigenvalue weighted by Gasteiger charge is 2.20. The smallest absolute Gasteiger partial charge is 0.241 e. The Labute approximate surface area is 176 Å². The number of methoxy groups -OCH3 is 1. The second kappa shape index (κ2) is 9.28. The molecule has 0 radical (unpaired) electrons. The molecule has 0 saturated carbocycles. The molecular weight excluding hydrogens is 405 g/mol. The highest BCUT2D eigenvalue weighted by molar-refractivity contribution is 7.89. The largest absolute Gasteiger partial charge is 0.497 e. The van der Waals surface area contributed by atoms with E-state index in [0.717, 1.165) is 11.1 Å². The molecule has 0 heterocycles. The van der Waals surface area contributed by atoms with Gasteiger partial charge in [0.25, 0.3) is 0 Å². The van der Waals surface area contributed by atoms with Crippen molar-refractivity contribution in [3.05, 3.63) is 88.7 Å². The molecule has 0 aliphatic heterocycles. The second-order valence-electron chi connectivity index (χ2n) is 6.97. The van der Waals surface area contributed by atoms with Gasteiger partial charge in [0.1, 0.15) is 23.9 Å². The Kier molecular flexibility index (Phi) is 6.74. The number of nitrogens with one attached hydrogen (secondary N) is 1. The molecule has 0 amide bonds. The van der Waals surface area contributed by atoms with Crippen LogP contribution in [-0.4, -0.2) is 15.5 Å². The van der Waals surface area contributed by atoms with Crippen molar-refractivity contribution in [3.63, 3.8) is 0 Å². The zero-order valence-corrected chi connectivity index (χ0v) is 17.9. The van der Waals surface area contributed by atoms with Gasteiger partial charge in [-0.05, 0) is 72.5 Å². The topological polar surface area (TPSA) is 64.6 Å². The lowest BCUT2D eigenvalue weighted by molar-refractivity contribution is 0.306. The summed E-state index contributed by atoms with van der Waals surface area (Å²) in [6, 6.07) is 16.7. The molecule has 0 spiro atoms. The summed E-state index contributed by atoms with van der Waals surface area (Å²) in [5.74, 6) is 0.985. The van der Waals surface area contributed by atoms with Gasteiger partial charge < -0.3 is 9.47 Å². The minimum Gasteiger partial charge on any atom is -0.497 e. The van der Waals surface area contributed by atoms with Gasteiger partial charge in [-0.25, -0.2) is 17.5 Å². The van der Waals surface area contributed by atoms with Crippen LogP contribution in [0, 0.1) is 19.7 Å². The Balaban J connectivity index is 1.62. The molecular formula is C23H24FNO4S. The molecule has 0 unspecified atom stereocenters. The number of ether oxygens (including phenoxy) is 2. The molecule has 158 valence electrons. The van der Waals surface area contributed by atoms with Crippen LogP contribution in [0.1, 0.15) is 22.3 Å². The number of hydrogen-bond donors (Lipinski definition) is 1. The van der Waals surface area contributed by atoms with E-state index in [1.165, 1.54) is 12.1 Å². The molecule has 0 bridgehead atoms. The van der Waals surface area contributed by atoms with E-state index in [1.807, 2.05) is 0 Å². The van der Waals surface area contributed by atoms with Crippen molar-refractivity contribution in [2.75, 3.05) is 7.11 Å². The maximum atomic E-state index is 12.9. The van der Waals surface area contributed by atoms with E-state index < -0.39 is 10.0 Å². The van der Waals surface area contributed by atoms with Gasteiger partial charge in [0.05, 0.1) is 12.0 Å². The van der Waals surface area contributed by atoms with E-state index in [-0.39, 0.29) is 17.3 Å². The Hall–Kier alpha value is -2.90. The fourth-order valence-corrected chi connectivity index (χ4v) is 4.62. The molecule has 1 N–H and O–H groups in total. The lowest BCUT2D eigenvalue weighted by Gasteiger charge is -2.14. The van der Waals surface area contributed by atoms with E-state index in [1.54, 1.807) is 69.5 Å². The van der Waals surface area contributed by atoms with Gasteiger partial charge in [0.2, 0.25) is 10.0 Å². The molecule has 0 saturated heterocycles. The molecule has 0 aliphatic rings. The molecule has 3 aromatic carbocycles. The van der Waals surface area contributed by atoms with Gasteiger partial charge in [-0.1, -0.05) is 24.3 Å². The van der Waals surface area contributed by atoms with E-state index >= 15 is 0 Å². The van der Waals surface area contributed by atoms with Crippen molar-refractivity contribution >= 4 is 10.0 Å². The third-order valence-electron chi connectivity index (χ3n) is 4.65. The Bertz CT molecular complexity index is 1090. The maximum absolute atomic E-state index is 12.9. The number of hydrogen-bond acceptors (Lipinski definition) is 4. The molecule has 7 heteroatoms. The van der Waals surface area contributed by atoms with Crippen LogP contribution in [0.15, 0.2) is 65.6 Å². The molecule has 30 heavy (non-hydrogen) atoms. The van der Waals surface area contributed by atoms with Crippen LogP contribution in [0.3, 0.4) is 0 Å². The fraction of sp³-hybridized carbons (Fsp3) is 0.217. The van der Waals surface area contributed by atoms with Crippen LogP contribution in [0.25, 0.3) is 0 Å². The molecule has 0 aliphatic carbocycles. The molecule has 0 atom stereocenters. The first-order valence-corrected chi connectivity index (χ1v) is 10.9. The van der Waals surface area contributed by atoms with Gasteiger partial charge in [-0.2, -0.15) is 0 Å². The number of rotatable bonds is 8. The predicted molar refractivity (Wildman–Crippen MR) is 114 cm³/mol. The zero-order valence-electron chi connectivity index (χ0n) is 17.1. The number of aryl methyl sites for hydroxylation is 2. The highest BCUT2D eigenvalue weighted by Crippen LogP contribution is 2.25. The van der Waals surface area contributed by atoms with Crippen LogP contribution in [0.5, 0.6) is 11.5 Å². The van der Waals surface area contributed by atoms with E-state index in [4.69, 9.17) is 9.47 Å². The van der Waals surface area contributed by atoms with Gasteiger partial charge in [-0.3, -0.25) is 0 Å². The Morgan fingerprint density at radius 2 is 1.43 bits per heavy atom. The van der Waals surface area contributed by atoms with Crippen LogP contribution >= 0.6 is 0 Å². The van der Waals surface area contributed by atoms with Gasteiger partial charge in [0.15, 0.2) is 0 Å². The summed E-state index contributed by atoms with van der Waals surface area (Å²) >= 11 is 0. The first kappa shape index (κ1) is 21.8. The monoisotopic (exact) mass is 429 g/mol. The summed E-state index contributed by atoms with van der Waals surface area (Å²) in [7, 11) is -2.12. The first-order chi connectivity index (χ1) is 14.3. The van der Waals surface area contributed by atoms with E-state index in [9.17, 15) is 12.8 Å². The minimum absolute atomic E-state index is 0.158. The van der Waals surface area contributed by atoms with Crippen LogP contribution in [-0.2, 0) is 23.2 Å². The standard InChI is InChI=1S/C23H24FNO4S/c1-16-12-22(28-3)13-17(2)23(16)30(26,27)25-14-18-6-10-21(11-7-18)29-15-19-4-8-20(24)9-5-19/h4-13,25H,14-15H2,1-3H3. The predicted octanol–water partition coefficient (Wildman–Crippen LogP) is 4.51. The molecule has 3 rings (SSSR count). The van der Waals surface area contributed by atoms with Crippen molar-refractivity contribution in [1.29, 1.82) is 0 Å². The molecule has 0 fully saturated rings. The van der Waals surface area contributed by atoms with E-state index in [0.29, 0.717) is 29.2 Å². The first-order valence-electron chi connectivity index (χ1n) is 9.39. The molecule has 5 nitrogen and oxygen atoms in total. The summed E-state index contributed by atoms with van der Waals surface area (Å²) in [5, 5.41) is 0. The second-order valence-corrected chi connectivity index (χ2v) is 8.68. The SMILES string of the molecule is COc1cc(C)c(S(=O)(=O)NCc2ccc(OCc3ccc(F)cc3)cc2)c(C)c1. The fourth-order valence-electron chi connectivity index (χ4n) is 3.15. The molecule has 0 aromatic heterocycles. The third kappa shape index (κ3) is 5.37. The minimum atomic E-state index is -3.67. The van der Waals surface area contributed by atoms with E-state index in [2.05, 4.69) is 4.72 Å². The Morgan fingerprint density at radius 3 is 2.00 bits per heavy atom. The molecule has 3 aromatic rings. The Morgan fingerprint density at radius 1 is 0.867 bits per heavy atom. The van der Waals surface area contributed by atoms with Crippen molar-refractivity contribution < 1.29 is 22.3 Å². The normalized spacial score (nSPS) is 11.3.